The van der Waals surface area contributed by atoms with Crippen LogP contribution in [-0.2, 0) is 11.8 Å². The van der Waals surface area contributed by atoms with E-state index >= 15 is 0 Å². The lowest BCUT2D eigenvalue weighted by molar-refractivity contribution is -0.141. The van der Waals surface area contributed by atoms with E-state index < -0.39 is 0 Å². The van der Waals surface area contributed by atoms with Gasteiger partial charge in [-0.05, 0) is 92.1 Å². The van der Waals surface area contributed by atoms with Crippen LogP contribution in [0.15, 0.2) is 18.0 Å². The minimum atomic E-state index is -0.174. The van der Waals surface area contributed by atoms with E-state index in [9.17, 15) is 9.90 Å². The van der Waals surface area contributed by atoms with Crippen molar-refractivity contribution in [2.45, 2.75) is 71.3 Å². The molecule has 0 aliphatic heterocycles. The van der Waals surface area contributed by atoms with E-state index in [-0.39, 0.29) is 11.5 Å². The third-order valence-electron chi connectivity index (χ3n) is 9.34. The zero-order valence-corrected chi connectivity index (χ0v) is 17.5. The highest BCUT2D eigenvalue weighted by Crippen LogP contribution is 2.66. The lowest BCUT2D eigenvalue weighted by Gasteiger charge is -2.59. The summed E-state index contributed by atoms with van der Waals surface area (Å²) < 4.78 is 1.80. The smallest absolute Gasteiger partial charge is 0.165 e. The molecule has 1 N–H and O–H groups in total. The van der Waals surface area contributed by atoms with Crippen molar-refractivity contribution in [3.63, 3.8) is 0 Å². The Morgan fingerprint density at radius 1 is 1.18 bits per heavy atom. The lowest BCUT2D eigenvalue weighted by Crippen LogP contribution is -2.54. The summed E-state index contributed by atoms with van der Waals surface area (Å²) in [5, 5.41) is 14.5. The maximum Gasteiger partial charge on any atom is 0.165 e. The molecule has 1 heterocycles. The van der Waals surface area contributed by atoms with Crippen molar-refractivity contribution in [3.05, 3.63) is 23.5 Å². The number of ketones is 1. The molecule has 0 spiro atoms. The van der Waals surface area contributed by atoms with Gasteiger partial charge in [-0.25, -0.2) is 0 Å². The zero-order chi connectivity index (χ0) is 19.7. The molecule has 5 rings (SSSR count). The third kappa shape index (κ3) is 2.59. The molecule has 4 nitrogen and oxygen atoms in total. The van der Waals surface area contributed by atoms with Crippen LogP contribution in [0.3, 0.4) is 0 Å². The summed E-state index contributed by atoms with van der Waals surface area (Å²) in [5.41, 5.74) is 2.25. The molecule has 0 amide bonds. The summed E-state index contributed by atoms with van der Waals surface area (Å²) in [6.07, 6.45) is 14.6. The first-order valence-corrected chi connectivity index (χ1v) is 11.2. The minimum Gasteiger partial charge on any atom is -0.393 e. The first-order chi connectivity index (χ1) is 13.3. The number of allylic oxidation sites excluding steroid dienone is 1. The Hall–Kier alpha value is -1.42. The van der Waals surface area contributed by atoms with Crippen molar-refractivity contribution in [2.75, 3.05) is 0 Å². The van der Waals surface area contributed by atoms with Gasteiger partial charge in [0.05, 0.1) is 12.3 Å². The molecular formula is C24H34N2O2. The van der Waals surface area contributed by atoms with Gasteiger partial charge in [0, 0.05) is 24.2 Å². The van der Waals surface area contributed by atoms with Gasteiger partial charge in [-0.1, -0.05) is 13.8 Å². The largest absolute Gasteiger partial charge is 0.393 e. The topological polar surface area (TPSA) is 55.1 Å². The quantitative estimate of drug-likeness (QED) is 0.733. The molecule has 0 saturated heterocycles. The Bertz CT molecular complexity index is 826. The highest BCUT2D eigenvalue weighted by atomic mass is 16.3. The Morgan fingerprint density at radius 3 is 2.75 bits per heavy atom. The molecule has 0 bridgehead atoms. The molecule has 0 unspecified atom stereocenters. The van der Waals surface area contributed by atoms with E-state index in [0.717, 1.165) is 49.2 Å². The van der Waals surface area contributed by atoms with Crippen LogP contribution in [0, 0.1) is 34.5 Å². The second kappa shape index (κ2) is 6.29. The summed E-state index contributed by atoms with van der Waals surface area (Å²) in [5.74, 6) is 2.95. The fourth-order valence-electron chi connectivity index (χ4n) is 7.75. The number of Topliss-reactive ketones (excluding diaryl/α,β-unsaturated/α-hetero) is 1. The van der Waals surface area contributed by atoms with Crippen molar-refractivity contribution in [1.82, 2.24) is 9.78 Å². The van der Waals surface area contributed by atoms with E-state index in [1.54, 1.807) is 4.68 Å². The van der Waals surface area contributed by atoms with Gasteiger partial charge < -0.3 is 5.11 Å². The summed E-state index contributed by atoms with van der Waals surface area (Å²) in [6.45, 7) is 4.76. The molecule has 1 aromatic heterocycles. The normalized spacial score (nSPS) is 46.9. The molecule has 4 saturated carbocycles. The van der Waals surface area contributed by atoms with E-state index in [0.29, 0.717) is 29.0 Å². The van der Waals surface area contributed by atoms with Crippen LogP contribution in [0.4, 0.5) is 0 Å². The van der Waals surface area contributed by atoms with E-state index in [2.05, 4.69) is 25.0 Å². The van der Waals surface area contributed by atoms with E-state index in [4.69, 9.17) is 0 Å². The molecule has 4 fully saturated rings. The maximum atomic E-state index is 13.4. The summed E-state index contributed by atoms with van der Waals surface area (Å²) >= 11 is 0. The van der Waals surface area contributed by atoms with Crippen molar-refractivity contribution in [3.8, 4) is 0 Å². The number of nitrogens with zero attached hydrogens (tertiary/aromatic N) is 2. The molecule has 152 valence electrons. The summed E-state index contributed by atoms with van der Waals surface area (Å²) in [6, 6.07) is 0. The summed E-state index contributed by atoms with van der Waals surface area (Å²) in [7, 11) is 1.92. The van der Waals surface area contributed by atoms with Crippen molar-refractivity contribution < 1.29 is 9.90 Å². The Kier molecular flexibility index (Phi) is 4.18. The molecule has 0 radical (unpaired) electrons. The lowest BCUT2D eigenvalue weighted by atomic mass is 9.45. The SMILES string of the molecule is Cn1cc(/C=C2/C[C@H]3[C@@H]4CC[C@@H]5C[C@H](O)CC[C@]5(C)[C@H]4CC[C@]3(C)C2=O)cn1. The van der Waals surface area contributed by atoms with Gasteiger partial charge in [0.25, 0.3) is 0 Å². The molecule has 4 heteroatoms. The van der Waals surface area contributed by atoms with E-state index in [1.807, 2.05) is 19.4 Å². The van der Waals surface area contributed by atoms with Crippen LogP contribution >= 0.6 is 0 Å². The first kappa shape index (κ1) is 18.6. The van der Waals surface area contributed by atoms with Gasteiger partial charge >= 0.3 is 0 Å². The number of rotatable bonds is 1. The standard InChI is InChI=1S/C24H34N2O2/c1-23-8-6-18(27)12-17(23)4-5-19-20(23)7-9-24(2)21(19)11-16(22(24)28)10-15-13-25-26(3)14-15/h10,13-14,17-21,27H,4-9,11-12H2,1-3H3/b16-10-/t17-,18-,19-,20+,21+,23+,24+/m1/s1. The van der Waals surface area contributed by atoms with Gasteiger partial charge in [0.1, 0.15) is 0 Å². The number of carbonyl (C=O) groups excluding carboxylic acids is 1. The third-order valence-corrected chi connectivity index (χ3v) is 9.34. The number of hydrogen-bond donors (Lipinski definition) is 1. The number of aliphatic hydroxyl groups is 1. The first-order valence-electron chi connectivity index (χ1n) is 11.2. The average molecular weight is 383 g/mol. The Balaban J connectivity index is 1.45. The van der Waals surface area contributed by atoms with Gasteiger partial charge in [-0.15, -0.1) is 0 Å². The highest BCUT2D eigenvalue weighted by Gasteiger charge is 2.61. The minimum absolute atomic E-state index is 0.0921. The maximum absolute atomic E-state index is 13.4. The predicted molar refractivity (Wildman–Crippen MR) is 109 cm³/mol. The molecule has 28 heavy (non-hydrogen) atoms. The van der Waals surface area contributed by atoms with Gasteiger partial charge in [-0.2, -0.15) is 5.10 Å². The fourth-order valence-corrected chi connectivity index (χ4v) is 7.75. The Labute approximate surface area is 168 Å². The van der Waals surface area contributed by atoms with Crippen LogP contribution in [0.5, 0.6) is 0 Å². The number of carbonyl (C=O) groups is 1. The molecular weight excluding hydrogens is 348 g/mol. The predicted octanol–water partition coefficient (Wildman–Crippen LogP) is 4.39. The van der Waals surface area contributed by atoms with Crippen molar-refractivity contribution in [2.24, 2.45) is 41.5 Å². The number of aryl methyl sites for hydroxylation is 1. The summed E-state index contributed by atoms with van der Waals surface area (Å²) in [4.78, 5) is 13.4. The highest BCUT2D eigenvalue weighted by molar-refractivity contribution is 6.05. The monoisotopic (exact) mass is 382 g/mol. The average Bonchev–Trinajstić information content (AvgIpc) is 3.18. The zero-order valence-electron chi connectivity index (χ0n) is 17.5. The van der Waals surface area contributed by atoms with E-state index in [1.165, 1.54) is 19.3 Å². The molecule has 4 aliphatic rings. The van der Waals surface area contributed by atoms with Crippen molar-refractivity contribution in [1.29, 1.82) is 0 Å². The second-order valence-electron chi connectivity index (χ2n) is 10.7. The van der Waals surface area contributed by atoms with Crippen molar-refractivity contribution >= 4 is 11.9 Å². The second-order valence-corrected chi connectivity index (χ2v) is 10.7. The number of hydrogen-bond acceptors (Lipinski definition) is 3. The number of aliphatic hydroxyl groups excluding tert-OH is 1. The van der Waals surface area contributed by atoms with Gasteiger partial charge in [-0.3, -0.25) is 9.48 Å². The molecule has 4 aliphatic carbocycles. The van der Waals surface area contributed by atoms with Crippen LogP contribution < -0.4 is 0 Å². The molecule has 1 aromatic rings. The number of fused-ring (bicyclic) bond motifs is 5. The van der Waals surface area contributed by atoms with Crippen LogP contribution in [0.2, 0.25) is 0 Å². The number of aromatic nitrogens is 2. The Morgan fingerprint density at radius 2 is 2.00 bits per heavy atom. The van der Waals surface area contributed by atoms with Gasteiger partial charge in [0.15, 0.2) is 5.78 Å². The molecule has 0 aromatic carbocycles. The fraction of sp³-hybridized carbons (Fsp3) is 0.750. The van der Waals surface area contributed by atoms with Gasteiger partial charge in [0.2, 0.25) is 0 Å². The molecule has 7 atom stereocenters. The van der Waals surface area contributed by atoms with Crippen LogP contribution in [-0.4, -0.2) is 26.8 Å². The van der Waals surface area contributed by atoms with Crippen LogP contribution in [0.25, 0.3) is 6.08 Å². The van der Waals surface area contributed by atoms with Crippen LogP contribution in [0.1, 0.15) is 70.8 Å².